The summed E-state index contributed by atoms with van der Waals surface area (Å²) in [5, 5.41) is 14.8. The summed E-state index contributed by atoms with van der Waals surface area (Å²) in [6, 6.07) is 20.6. The average molecular weight is 427 g/mol. The SMILES string of the molecule is CCN1CC[C@@H](c2ccccc2)[C@H](C(=O)OCCc2ccccc2)C1.O=C(O)C(=O)O. The lowest BCUT2D eigenvalue weighted by Gasteiger charge is -2.37. The first-order valence-corrected chi connectivity index (χ1v) is 10.4. The molecule has 1 fully saturated rings. The normalized spacial score (nSPS) is 18.4. The highest BCUT2D eigenvalue weighted by atomic mass is 16.5. The maximum absolute atomic E-state index is 12.8. The van der Waals surface area contributed by atoms with Crippen LogP contribution in [-0.2, 0) is 25.5 Å². The predicted octanol–water partition coefficient (Wildman–Crippen LogP) is 3.05. The lowest BCUT2D eigenvalue weighted by molar-refractivity contribution is -0.159. The zero-order valence-electron chi connectivity index (χ0n) is 17.6. The molecule has 2 aromatic carbocycles. The molecule has 1 heterocycles. The van der Waals surface area contributed by atoms with Gasteiger partial charge < -0.3 is 19.8 Å². The lowest BCUT2D eigenvalue weighted by Crippen LogP contribution is -2.43. The van der Waals surface area contributed by atoms with Gasteiger partial charge in [-0.05, 0) is 36.6 Å². The molecule has 7 nitrogen and oxygen atoms in total. The second kappa shape index (κ2) is 12.5. The summed E-state index contributed by atoms with van der Waals surface area (Å²) < 4.78 is 5.66. The highest BCUT2D eigenvalue weighted by Crippen LogP contribution is 2.33. The summed E-state index contributed by atoms with van der Waals surface area (Å²) >= 11 is 0. The third-order valence-corrected chi connectivity index (χ3v) is 5.34. The minimum Gasteiger partial charge on any atom is -0.473 e. The lowest BCUT2D eigenvalue weighted by atomic mass is 9.80. The molecule has 0 bridgehead atoms. The van der Waals surface area contributed by atoms with Crippen molar-refractivity contribution in [1.82, 2.24) is 4.90 Å². The third kappa shape index (κ3) is 7.86. The van der Waals surface area contributed by atoms with Crippen molar-refractivity contribution in [3.05, 3.63) is 71.8 Å². The third-order valence-electron chi connectivity index (χ3n) is 5.34. The minimum atomic E-state index is -1.82. The summed E-state index contributed by atoms with van der Waals surface area (Å²) in [6.45, 7) is 5.42. The first-order chi connectivity index (χ1) is 14.9. The summed E-state index contributed by atoms with van der Waals surface area (Å²) in [6.07, 6.45) is 1.78. The van der Waals surface area contributed by atoms with Gasteiger partial charge in [0.2, 0.25) is 0 Å². The number of benzene rings is 2. The first kappa shape index (κ1) is 24.1. The first-order valence-electron chi connectivity index (χ1n) is 10.4. The van der Waals surface area contributed by atoms with Crippen LogP contribution in [0, 0.1) is 5.92 Å². The Bertz CT molecular complexity index is 828. The molecule has 0 amide bonds. The van der Waals surface area contributed by atoms with Crippen LogP contribution >= 0.6 is 0 Å². The van der Waals surface area contributed by atoms with E-state index >= 15 is 0 Å². The number of rotatable bonds is 6. The number of hydrogen-bond acceptors (Lipinski definition) is 5. The van der Waals surface area contributed by atoms with Crippen LogP contribution in [0.2, 0.25) is 0 Å². The maximum Gasteiger partial charge on any atom is 0.414 e. The fourth-order valence-electron chi connectivity index (χ4n) is 3.67. The molecule has 2 N–H and O–H groups in total. The van der Waals surface area contributed by atoms with Gasteiger partial charge >= 0.3 is 17.9 Å². The molecule has 2 atom stereocenters. The fraction of sp³-hybridized carbons (Fsp3) is 0.375. The van der Waals surface area contributed by atoms with E-state index in [-0.39, 0.29) is 17.8 Å². The number of carboxylic acids is 2. The molecular formula is C24H29NO6. The minimum absolute atomic E-state index is 0.0528. The van der Waals surface area contributed by atoms with Crippen molar-refractivity contribution in [1.29, 1.82) is 0 Å². The number of ether oxygens (including phenoxy) is 1. The smallest absolute Gasteiger partial charge is 0.414 e. The van der Waals surface area contributed by atoms with E-state index in [1.807, 2.05) is 24.3 Å². The molecule has 0 radical (unpaired) electrons. The summed E-state index contributed by atoms with van der Waals surface area (Å²) in [7, 11) is 0. The number of carboxylic acid groups (broad SMARTS) is 2. The molecule has 0 unspecified atom stereocenters. The van der Waals surface area contributed by atoms with E-state index < -0.39 is 11.9 Å². The van der Waals surface area contributed by atoms with Gasteiger partial charge in [0.1, 0.15) is 0 Å². The predicted molar refractivity (Wildman–Crippen MR) is 116 cm³/mol. The average Bonchev–Trinajstić information content (AvgIpc) is 2.80. The number of hydrogen-bond donors (Lipinski definition) is 2. The summed E-state index contributed by atoms with van der Waals surface area (Å²) in [5.74, 6) is -3.52. The van der Waals surface area contributed by atoms with Crippen molar-refractivity contribution in [3.8, 4) is 0 Å². The Morgan fingerprint density at radius 1 is 0.968 bits per heavy atom. The Hall–Kier alpha value is -3.19. The van der Waals surface area contributed by atoms with E-state index in [4.69, 9.17) is 24.5 Å². The molecule has 1 aliphatic rings. The largest absolute Gasteiger partial charge is 0.473 e. The highest BCUT2D eigenvalue weighted by Gasteiger charge is 2.35. The van der Waals surface area contributed by atoms with Crippen molar-refractivity contribution >= 4 is 17.9 Å². The molecule has 31 heavy (non-hydrogen) atoms. The molecule has 0 aromatic heterocycles. The molecule has 0 spiro atoms. The van der Waals surface area contributed by atoms with E-state index in [0.29, 0.717) is 6.61 Å². The van der Waals surface area contributed by atoms with Crippen LogP contribution in [0.3, 0.4) is 0 Å². The Kier molecular flexibility index (Phi) is 9.71. The molecule has 2 aromatic rings. The van der Waals surface area contributed by atoms with E-state index in [2.05, 4.69) is 48.2 Å². The zero-order valence-corrected chi connectivity index (χ0v) is 17.6. The number of aliphatic carboxylic acids is 2. The maximum atomic E-state index is 12.8. The van der Waals surface area contributed by atoms with Crippen LogP contribution in [0.25, 0.3) is 0 Å². The van der Waals surface area contributed by atoms with Crippen molar-refractivity contribution < 1.29 is 29.3 Å². The monoisotopic (exact) mass is 427 g/mol. The second-order valence-electron chi connectivity index (χ2n) is 7.32. The van der Waals surface area contributed by atoms with Crippen LogP contribution in [0.1, 0.15) is 30.4 Å². The van der Waals surface area contributed by atoms with Gasteiger partial charge in [0.25, 0.3) is 0 Å². The zero-order chi connectivity index (χ0) is 22.6. The van der Waals surface area contributed by atoms with Crippen molar-refractivity contribution in [3.63, 3.8) is 0 Å². The van der Waals surface area contributed by atoms with E-state index in [0.717, 1.165) is 32.5 Å². The quantitative estimate of drug-likeness (QED) is 0.539. The van der Waals surface area contributed by atoms with E-state index in [1.54, 1.807) is 0 Å². The number of carbonyl (C=O) groups excluding carboxylic acids is 1. The molecule has 3 rings (SSSR count). The molecule has 0 aliphatic carbocycles. The van der Waals surface area contributed by atoms with Crippen LogP contribution in [0.15, 0.2) is 60.7 Å². The fourth-order valence-corrected chi connectivity index (χ4v) is 3.67. The standard InChI is InChI=1S/C22H27NO2.C2H2O4/c1-2-23-15-13-20(19-11-7-4-8-12-19)21(17-23)22(24)25-16-14-18-9-5-3-6-10-18;3-1(4)2(5)6/h3-12,20-21H,2,13-17H2,1H3;(H,3,4)(H,5,6)/t20-,21+;/m0./s1. The molecule has 1 aliphatic heterocycles. The Morgan fingerprint density at radius 2 is 1.55 bits per heavy atom. The van der Waals surface area contributed by atoms with E-state index in [1.165, 1.54) is 11.1 Å². The van der Waals surface area contributed by atoms with Crippen molar-refractivity contribution in [2.45, 2.75) is 25.7 Å². The van der Waals surface area contributed by atoms with Crippen LogP contribution in [0.4, 0.5) is 0 Å². The van der Waals surface area contributed by atoms with Gasteiger partial charge in [-0.15, -0.1) is 0 Å². The highest BCUT2D eigenvalue weighted by molar-refractivity contribution is 6.27. The summed E-state index contributed by atoms with van der Waals surface area (Å²) in [5.41, 5.74) is 2.46. The summed E-state index contributed by atoms with van der Waals surface area (Å²) in [4.78, 5) is 33.3. The topological polar surface area (TPSA) is 104 Å². The Balaban J connectivity index is 0.000000501. The number of piperidine rings is 1. The van der Waals surface area contributed by atoms with Gasteiger partial charge in [-0.3, -0.25) is 4.79 Å². The number of carbonyl (C=O) groups is 3. The molecule has 166 valence electrons. The number of esters is 1. The Labute approximate surface area is 182 Å². The second-order valence-corrected chi connectivity index (χ2v) is 7.32. The van der Waals surface area contributed by atoms with Gasteiger partial charge in [-0.1, -0.05) is 67.6 Å². The van der Waals surface area contributed by atoms with Crippen LogP contribution < -0.4 is 0 Å². The van der Waals surface area contributed by atoms with Gasteiger partial charge in [0.15, 0.2) is 0 Å². The van der Waals surface area contributed by atoms with Gasteiger partial charge in [0, 0.05) is 13.0 Å². The van der Waals surface area contributed by atoms with Crippen molar-refractivity contribution in [2.75, 3.05) is 26.2 Å². The Morgan fingerprint density at radius 3 is 2.10 bits per heavy atom. The van der Waals surface area contributed by atoms with Gasteiger partial charge in [0.05, 0.1) is 12.5 Å². The van der Waals surface area contributed by atoms with Gasteiger partial charge in [-0.2, -0.15) is 0 Å². The molecule has 0 saturated carbocycles. The van der Waals surface area contributed by atoms with Gasteiger partial charge in [-0.25, -0.2) is 9.59 Å². The van der Waals surface area contributed by atoms with Crippen molar-refractivity contribution in [2.24, 2.45) is 5.92 Å². The van der Waals surface area contributed by atoms with E-state index in [9.17, 15) is 4.79 Å². The molecule has 7 heteroatoms. The van der Waals surface area contributed by atoms with Crippen LogP contribution in [-0.4, -0.2) is 59.3 Å². The van der Waals surface area contributed by atoms with Crippen LogP contribution in [0.5, 0.6) is 0 Å². The molecule has 1 saturated heterocycles. The number of nitrogens with zero attached hydrogens (tertiary/aromatic N) is 1. The number of likely N-dealkylation sites (tertiary alicyclic amines) is 1. The molecular weight excluding hydrogens is 398 g/mol.